The van der Waals surface area contributed by atoms with Crippen LogP contribution in [0.1, 0.15) is 24.8 Å². The number of nitrogens with zero attached hydrogens (tertiary/aromatic N) is 3. The SMILES string of the molecule is O=C(CN1C(=O)N2CCCN=C2c2ccc(Cl)cc21)NC1CC1. The number of hydrogen-bond donors (Lipinski definition) is 1. The maximum absolute atomic E-state index is 12.8. The second-order valence-corrected chi connectivity index (χ2v) is 6.52. The summed E-state index contributed by atoms with van der Waals surface area (Å²) in [6, 6.07) is 5.45. The van der Waals surface area contributed by atoms with Gasteiger partial charge in [-0.15, -0.1) is 0 Å². The first-order valence-electron chi connectivity index (χ1n) is 7.86. The Morgan fingerprint density at radius 3 is 3.00 bits per heavy atom. The maximum atomic E-state index is 12.8. The van der Waals surface area contributed by atoms with Crippen LogP contribution in [0.15, 0.2) is 23.2 Å². The zero-order valence-corrected chi connectivity index (χ0v) is 13.3. The van der Waals surface area contributed by atoms with Gasteiger partial charge in [-0.3, -0.25) is 19.6 Å². The highest BCUT2D eigenvalue weighted by atomic mass is 35.5. The third-order valence-corrected chi connectivity index (χ3v) is 4.49. The van der Waals surface area contributed by atoms with Crippen LogP contribution in [-0.4, -0.2) is 48.3 Å². The Morgan fingerprint density at radius 1 is 1.39 bits per heavy atom. The van der Waals surface area contributed by atoms with E-state index in [9.17, 15) is 9.59 Å². The molecule has 1 N–H and O–H groups in total. The standard InChI is InChI=1S/C16H17ClN4O2/c17-10-2-5-12-13(8-10)21(9-14(22)19-11-3-4-11)16(23)20-7-1-6-18-15(12)20/h2,5,8,11H,1,3-4,6-7,9H2,(H,19,22). The van der Waals surface area contributed by atoms with Crippen LogP contribution in [0.3, 0.4) is 0 Å². The van der Waals surface area contributed by atoms with Gasteiger partial charge in [-0.25, -0.2) is 4.79 Å². The Morgan fingerprint density at radius 2 is 2.22 bits per heavy atom. The number of fused-ring (bicyclic) bond motifs is 3. The highest BCUT2D eigenvalue weighted by Crippen LogP contribution is 2.33. The highest BCUT2D eigenvalue weighted by molar-refractivity contribution is 6.31. The van der Waals surface area contributed by atoms with Crippen molar-refractivity contribution in [3.63, 3.8) is 0 Å². The molecular weight excluding hydrogens is 316 g/mol. The molecule has 2 aliphatic heterocycles. The number of rotatable bonds is 3. The molecule has 0 saturated heterocycles. The zero-order valence-electron chi connectivity index (χ0n) is 12.6. The van der Waals surface area contributed by atoms with Crippen molar-refractivity contribution >= 4 is 35.1 Å². The van der Waals surface area contributed by atoms with Crippen LogP contribution in [0.25, 0.3) is 0 Å². The van der Waals surface area contributed by atoms with E-state index < -0.39 is 0 Å². The third kappa shape index (κ3) is 2.67. The van der Waals surface area contributed by atoms with Gasteiger partial charge < -0.3 is 5.32 Å². The van der Waals surface area contributed by atoms with E-state index in [1.807, 2.05) is 6.07 Å². The third-order valence-electron chi connectivity index (χ3n) is 4.25. The smallest absolute Gasteiger partial charge is 0.330 e. The molecule has 7 heteroatoms. The van der Waals surface area contributed by atoms with Crippen molar-refractivity contribution in [2.45, 2.75) is 25.3 Å². The first-order chi connectivity index (χ1) is 11.1. The van der Waals surface area contributed by atoms with E-state index in [0.29, 0.717) is 29.6 Å². The molecule has 0 spiro atoms. The Balaban J connectivity index is 1.71. The van der Waals surface area contributed by atoms with Crippen molar-refractivity contribution in [1.29, 1.82) is 0 Å². The zero-order chi connectivity index (χ0) is 16.0. The Kier molecular flexibility index (Phi) is 3.49. The minimum Gasteiger partial charge on any atom is -0.352 e. The first kappa shape index (κ1) is 14.5. The second-order valence-electron chi connectivity index (χ2n) is 6.08. The predicted molar refractivity (Wildman–Crippen MR) is 88.1 cm³/mol. The molecule has 0 bridgehead atoms. The molecule has 3 amide bonds. The van der Waals surface area contributed by atoms with Crippen LogP contribution in [0.5, 0.6) is 0 Å². The second kappa shape index (κ2) is 5.53. The number of carbonyl (C=O) groups excluding carboxylic acids is 2. The van der Waals surface area contributed by atoms with Crippen LogP contribution in [-0.2, 0) is 4.79 Å². The molecule has 6 nitrogen and oxygen atoms in total. The van der Waals surface area contributed by atoms with Gasteiger partial charge in [0, 0.05) is 29.7 Å². The molecule has 1 aliphatic carbocycles. The van der Waals surface area contributed by atoms with E-state index in [1.165, 1.54) is 4.90 Å². The lowest BCUT2D eigenvalue weighted by molar-refractivity contribution is -0.119. The normalized spacial score (nSPS) is 19.9. The lowest BCUT2D eigenvalue weighted by atomic mass is 10.1. The molecule has 0 aromatic heterocycles. The summed E-state index contributed by atoms with van der Waals surface area (Å²) in [5.41, 5.74) is 1.51. The van der Waals surface area contributed by atoms with E-state index in [4.69, 9.17) is 11.6 Å². The molecule has 1 aromatic rings. The quantitative estimate of drug-likeness (QED) is 0.920. The summed E-state index contributed by atoms with van der Waals surface area (Å²) in [6.45, 7) is 1.34. The van der Waals surface area contributed by atoms with Gasteiger partial charge in [0.25, 0.3) is 0 Å². The van der Waals surface area contributed by atoms with Crippen LogP contribution >= 0.6 is 11.6 Å². The minimum absolute atomic E-state index is 0.00640. The Bertz CT molecular complexity index is 714. The molecule has 0 radical (unpaired) electrons. The Hall–Kier alpha value is -2.08. The number of amides is 3. The van der Waals surface area contributed by atoms with Crippen molar-refractivity contribution in [1.82, 2.24) is 10.2 Å². The van der Waals surface area contributed by atoms with Gasteiger partial charge in [-0.1, -0.05) is 11.6 Å². The van der Waals surface area contributed by atoms with E-state index in [0.717, 1.165) is 24.8 Å². The molecule has 3 aliphatic rings. The number of nitrogens with one attached hydrogen (secondary N) is 1. The number of urea groups is 1. The lowest BCUT2D eigenvalue weighted by Crippen LogP contribution is -2.55. The fourth-order valence-electron chi connectivity index (χ4n) is 2.99. The summed E-state index contributed by atoms with van der Waals surface area (Å²) in [5, 5.41) is 3.46. The van der Waals surface area contributed by atoms with Crippen LogP contribution in [0, 0.1) is 0 Å². The molecule has 4 rings (SSSR count). The topological polar surface area (TPSA) is 65.0 Å². The number of anilines is 1. The van der Waals surface area contributed by atoms with Gasteiger partial charge in [0.05, 0.1) is 5.69 Å². The molecule has 1 saturated carbocycles. The van der Waals surface area contributed by atoms with E-state index >= 15 is 0 Å². The summed E-state index contributed by atoms with van der Waals surface area (Å²) in [5.74, 6) is 0.552. The molecule has 23 heavy (non-hydrogen) atoms. The molecule has 0 unspecified atom stereocenters. The number of aliphatic imine (C=N–C) groups is 1. The van der Waals surface area contributed by atoms with Crippen LogP contribution in [0.4, 0.5) is 10.5 Å². The average molecular weight is 333 g/mol. The van der Waals surface area contributed by atoms with E-state index in [-0.39, 0.29) is 24.5 Å². The minimum atomic E-state index is -0.204. The largest absolute Gasteiger partial charge is 0.352 e. The molecule has 1 fully saturated rings. The summed E-state index contributed by atoms with van der Waals surface area (Å²) < 4.78 is 0. The van der Waals surface area contributed by atoms with E-state index in [1.54, 1.807) is 17.0 Å². The van der Waals surface area contributed by atoms with Crippen molar-refractivity contribution in [3.8, 4) is 0 Å². The van der Waals surface area contributed by atoms with Crippen molar-refractivity contribution in [2.24, 2.45) is 4.99 Å². The fraction of sp³-hybridized carbons (Fsp3) is 0.438. The highest BCUT2D eigenvalue weighted by Gasteiger charge is 2.37. The number of amidine groups is 1. The predicted octanol–water partition coefficient (Wildman–Crippen LogP) is 2.01. The van der Waals surface area contributed by atoms with Crippen molar-refractivity contribution in [3.05, 3.63) is 28.8 Å². The summed E-state index contributed by atoms with van der Waals surface area (Å²) >= 11 is 6.10. The molecular formula is C16H17ClN4O2. The van der Waals surface area contributed by atoms with Gasteiger partial charge >= 0.3 is 6.03 Å². The fourth-order valence-corrected chi connectivity index (χ4v) is 3.15. The maximum Gasteiger partial charge on any atom is 0.330 e. The summed E-state index contributed by atoms with van der Waals surface area (Å²) in [7, 11) is 0. The van der Waals surface area contributed by atoms with Gasteiger partial charge in [-0.05, 0) is 37.5 Å². The van der Waals surface area contributed by atoms with Crippen LogP contribution < -0.4 is 10.2 Å². The molecule has 2 heterocycles. The van der Waals surface area contributed by atoms with Gasteiger partial charge in [0.1, 0.15) is 12.4 Å². The molecule has 120 valence electrons. The monoisotopic (exact) mass is 332 g/mol. The lowest BCUT2D eigenvalue weighted by Gasteiger charge is -2.39. The Labute approximate surface area is 139 Å². The van der Waals surface area contributed by atoms with Crippen LogP contribution in [0.2, 0.25) is 5.02 Å². The molecule has 1 aromatic carbocycles. The number of benzene rings is 1. The van der Waals surface area contributed by atoms with Gasteiger partial charge in [-0.2, -0.15) is 0 Å². The number of hydrogen-bond acceptors (Lipinski definition) is 3. The average Bonchev–Trinajstić information content (AvgIpc) is 3.35. The van der Waals surface area contributed by atoms with E-state index in [2.05, 4.69) is 10.3 Å². The van der Waals surface area contributed by atoms with Gasteiger partial charge in [0.2, 0.25) is 5.91 Å². The number of carbonyl (C=O) groups is 2. The molecule has 0 atom stereocenters. The van der Waals surface area contributed by atoms with Crippen molar-refractivity contribution < 1.29 is 9.59 Å². The summed E-state index contributed by atoms with van der Waals surface area (Å²) in [6.07, 6.45) is 2.87. The van der Waals surface area contributed by atoms with Gasteiger partial charge in [0.15, 0.2) is 0 Å². The van der Waals surface area contributed by atoms with Crippen molar-refractivity contribution in [2.75, 3.05) is 24.5 Å². The number of halogens is 1. The first-order valence-corrected chi connectivity index (χ1v) is 8.24. The summed E-state index contributed by atoms with van der Waals surface area (Å²) in [4.78, 5) is 32.7.